The van der Waals surface area contributed by atoms with Crippen LogP contribution in [0.5, 0.6) is 5.88 Å². The highest BCUT2D eigenvalue weighted by Crippen LogP contribution is 2.34. The predicted octanol–water partition coefficient (Wildman–Crippen LogP) is 2.93. The first-order valence-corrected chi connectivity index (χ1v) is 11.6. The zero-order chi connectivity index (χ0) is 22.8. The fourth-order valence-electron chi connectivity index (χ4n) is 4.60. The van der Waals surface area contributed by atoms with Gasteiger partial charge in [-0.1, -0.05) is 0 Å². The Morgan fingerprint density at radius 1 is 1.15 bits per heavy atom. The van der Waals surface area contributed by atoms with Crippen molar-refractivity contribution >= 4 is 22.6 Å². The Kier molecular flexibility index (Phi) is 6.13. The molecule has 1 saturated carbocycles. The van der Waals surface area contributed by atoms with Crippen molar-refractivity contribution in [3.8, 4) is 5.88 Å². The summed E-state index contributed by atoms with van der Waals surface area (Å²) in [6.07, 6.45) is 11.4. The predicted molar refractivity (Wildman–Crippen MR) is 125 cm³/mol. The number of carbonyl (C=O) groups excluding carboxylic acids is 1. The van der Waals surface area contributed by atoms with Crippen LogP contribution in [-0.2, 0) is 4.74 Å². The summed E-state index contributed by atoms with van der Waals surface area (Å²) in [6, 6.07) is 4.29. The van der Waals surface area contributed by atoms with Crippen LogP contribution >= 0.6 is 0 Å². The Morgan fingerprint density at radius 3 is 2.64 bits per heavy atom. The quantitative estimate of drug-likeness (QED) is 0.591. The van der Waals surface area contributed by atoms with E-state index >= 15 is 0 Å². The van der Waals surface area contributed by atoms with E-state index in [1.807, 2.05) is 30.9 Å². The van der Waals surface area contributed by atoms with Crippen molar-refractivity contribution in [1.82, 2.24) is 24.4 Å². The van der Waals surface area contributed by atoms with Crippen LogP contribution in [-0.4, -0.2) is 76.8 Å². The fraction of sp³-hybridized carbons (Fsp3) is 0.500. The molecule has 0 aromatic carbocycles. The van der Waals surface area contributed by atoms with Gasteiger partial charge in [0.1, 0.15) is 11.9 Å². The molecular formula is C24H30N6O3. The number of hydrogen-bond donors (Lipinski definition) is 0. The topological polar surface area (TPSA) is 85.6 Å². The average Bonchev–Trinajstić information content (AvgIpc) is 3.39. The number of carbonyl (C=O) groups is 1. The lowest BCUT2D eigenvalue weighted by Crippen LogP contribution is -2.36. The van der Waals surface area contributed by atoms with E-state index in [1.165, 1.54) is 0 Å². The van der Waals surface area contributed by atoms with Crippen LogP contribution < -0.4 is 9.64 Å². The highest BCUT2D eigenvalue weighted by molar-refractivity contribution is 5.98. The van der Waals surface area contributed by atoms with Gasteiger partial charge in [-0.15, -0.1) is 0 Å². The Morgan fingerprint density at radius 2 is 1.94 bits per heavy atom. The maximum Gasteiger partial charge on any atom is 0.254 e. The van der Waals surface area contributed by atoms with E-state index in [0.717, 1.165) is 55.5 Å². The lowest BCUT2D eigenvalue weighted by Gasteiger charge is -2.31. The largest absolute Gasteiger partial charge is 0.474 e. The number of imidazole rings is 1. The lowest BCUT2D eigenvalue weighted by atomic mass is 9.93. The van der Waals surface area contributed by atoms with Gasteiger partial charge in [-0.3, -0.25) is 9.78 Å². The molecule has 0 unspecified atom stereocenters. The number of amides is 1. The number of pyridine rings is 2. The molecule has 9 heteroatoms. The zero-order valence-electron chi connectivity index (χ0n) is 19.2. The highest BCUT2D eigenvalue weighted by atomic mass is 16.5. The Hall–Kier alpha value is -3.20. The molecule has 3 aromatic rings. The van der Waals surface area contributed by atoms with Crippen LogP contribution in [0.2, 0.25) is 0 Å². The highest BCUT2D eigenvalue weighted by Gasteiger charge is 2.25. The molecule has 0 N–H and O–H groups in total. The number of rotatable bonds is 5. The number of ether oxygens (including phenoxy) is 2. The standard InChI is InChI=1S/C24H30N6O3/c1-28(2)24(31)17-13-20-21(26-15-17)14-22(29-9-11-32-12-10-29)27-23(20)33-19-5-3-18(4-6-19)30-8-7-25-16-30/h7-8,13-16,18-19H,3-6,9-12H2,1-2H3. The number of nitrogens with zero attached hydrogens (tertiary/aromatic N) is 6. The third-order valence-electron chi connectivity index (χ3n) is 6.49. The smallest absolute Gasteiger partial charge is 0.254 e. The van der Waals surface area contributed by atoms with Crippen molar-refractivity contribution in [2.75, 3.05) is 45.3 Å². The summed E-state index contributed by atoms with van der Waals surface area (Å²) < 4.78 is 14.2. The Balaban J connectivity index is 1.43. The van der Waals surface area contributed by atoms with Crippen LogP contribution in [0.15, 0.2) is 37.1 Å². The van der Waals surface area contributed by atoms with Crippen LogP contribution in [0, 0.1) is 0 Å². The van der Waals surface area contributed by atoms with E-state index in [-0.39, 0.29) is 12.0 Å². The van der Waals surface area contributed by atoms with E-state index < -0.39 is 0 Å². The maximum absolute atomic E-state index is 12.5. The number of aromatic nitrogens is 4. The second kappa shape index (κ2) is 9.35. The summed E-state index contributed by atoms with van der Waals surface area (Å²) in [4.78, 5) is 30.0. The molecule has 5 rings (SSSR count). The van der Waals surface area contributed by atoms with Crippen molar-refractivity contribution in [3.05, 3.63) is 42.6 Å². The molecule has 0 atom stereocenters. The molecule has 1 amide bonds. The molecule has 9 nitrogen and oxygen atoms in total. The van der Waals surface area contributed by atoms with Gasteiger partial charge in [0, 0.05) is 57.9 Å². The van der Waals surface area contributed by atoms with E-state index in [0.29, 0.717) is 30.7 Å². The molecule has 1 aliphatic carbocycles. The van der Waals surface area contributed by atoms with Crippen molar-refractivity contribution in [3.63, 3.8) is 0 Å². The minimum atomic E-state index is -0.0894. The van der Waals surface area contributed by atoms with Crippen LogP contribution in [0.1, 0.15) is 42.1 Å². The number of fused-ring (bicyclic) bond motifs is 1. The summed E-state index contributed by atoms with van der Waals surface area (Å²) in [7, 11) is 3.48. The molecule has 0 bridgehead atoms. The van der Waals surface area contributed by atoms with E-state index in [2.05, 4.69) is 19.4 Å². The minimum Gasteiger partial charge on any atom is -0.474 e. The van der Waals surface area contributed by atoms with Crippen LogP contribution in [0.3, 0.4) is 0 Å². The Labute approximate surface area is 193 Å². The van der Waals surface area contributed by atoms with E-state index in [1.54, 1.807) is 25.2 Å². The molecule has 4 heterocycles. The van der Waals surface area contributed by atoms with Gasteiger partial charge in [0.15, 0.2) is 0 Å². The monoisotopic (exact) mass is 450 g/mol. The average molecular weight is 451 g/mol. The fourth-order valence-corrected chi connectivity index (χ4v) is 4.60. The Bertz CT molecular complexity index is 1100. The first-order valence-electron chi connectivity index (χ1n) is 11.6. The molecule has 3 aromatic heterocycles. The van der Waals surface area contributed by atoms with Gasteiger partial charge in [0.2, 0.25) is 5.88 Å². The van der Waals surface area contributed by atoms with Crippen molar-refractivity contribution in [2.24, 2.45) is 0 Å². The normalized spacial score (nSPS) is 21.2. The number of morpholine rings is 1. The summed E-state index contributed by atoms with van der Waals surface area (Å²) in [5.41, 5.74) is 1.31. The minimum absolute atomic E-state index is 0.0774. The van der Waals surface area contributed by atoms with E-state index in [9.17, 15) is 4.79 Å². The van der Waals surface area contributed by atoms with Gasteiger partial charge in [-0.2, -0.15) is 4.98 Å². The van der Waals surface area contributed by atoms with Gasteiger partial charge < -0.3 is 23.8 Å². The third kappa shape index (κ3) is 4.64. The lowest BCUT2D eigenvalue weighted by molar-refractivity contribution is 0.0827. The van der Waals surface area contributed by atoms with Gasteiger partial charge in [-0.05, 0) is 31.7 Å². The summed E-state index contributed by atoms with van der Waals surface area (Å²) >= 11 is 0. The van der Waals surface area contributed by atoms with Gasteiger partial charge in [-0.25, -0.2) is 4.98 Å². The van der Waals surface area contributed by atoms with E-state index in [4.69, 9.17) is 14.5 Å². The van der Waals surface area contributed by atoms with Gasteiger partial charge in [0.25, 0.3) is 5.91 Å². The first kappa shape index (κ1) is 21.6. The molecule has 2 aliphatic rings. The molecular weight excluding hydrogens is 420 g/mol. The summed E-state index contributed by atoms with van der Waals surface area (Å²) in [6.45, 7) is 2.92. The van der Waals surface area contributed by atoms with Gasteiger partial charge >= 0.3 is 0 Å². The van der Waals surface area contributed by atoms with Crippen LogP contribution in [0.25, 0.3) is 10.9 Å². The maximum atomic E-state index is 12.5. The molecule has 1 saturated heterocycles. The van der Waals surface area contributed by atoms with Crippen LogP contribution in [0.4, 0.5) is 5.82 Å². The second-order valence-corrected chi connectivity index (χ2v) is 8.93. The van der Waals surface area contributed by atoms with Crippen molar-refractivity contribution in [2.45, 2.75) is 37.8 Å². The first-order chi connectivity index (χ1) is 16.1. The second-order valence-electron chi connectivity index (χ2n) is 8.93. The van der Waals surface area contributed by atoms with Crippen molar-refractivity contribution < 1.29 is 14.3 Å². The molecule has 33 heavy (non-hydrogen) atoms. The summed E-state index contributed by atoms with van der Waals surface area (Å²) in [5, 5.41) is 0.774. The van der Waals surface area contributed by atoms with Crippen molar-refractivity contribution in [1.29, 1.82) is 0 Å². The zero-order valence-corrected chi connectivity index (χ0v) is 19.2. The van der Waals surface area contributed by atoms with Gasteiger partial charge in [0.05, 0.1) is 36.0 Å². The number of anilines is 1. The molecule has 1 aliphatic heterocycles. The molecule has 174 valence electrons. The SMILES string of the molecule is CN(C)C(=O)c1cnc2cc(N3CCOCC3)nc(OC3CCC(n4ccnc4)CC3)c2c1. The summed E-state index contributed by atoms with van der Waals surface area (Å²) in [5.74, 6) is 1.31. The number of hydrogen-bond acceptors (Lipinski definition) is 7. The molecule has 0 radical (unpaired) electrons. The third-order valence-corrected chi connectivity index (χ3v) is 6.49. The molecule has 0 spiro atoms. The molecule has 2 fully saturated rings.